The Balaban J connectivity index is 1.68. The molecule has 0 bridgehead atoms. The van der Waals surface area contributed by atoms with Gasteiger partial charge in [0.05, 0.1) is 43.4 Å². The Morgan fingerprint density at radius 1 is 1.16 bits per heavy atom. The Morgan fingerprint density at radius 3 is 2.58 bits per heavy atom. The van der Waals surface area contributed by atoms with Crippen LogP contribution in [0.25, 0.3) is 0 Å². The highest BCUT2D eigenvalue weighted by molar-refractivity contribution is 8.03. The number of para-hydroxylation sites is 1. The van der Waals surface area contributed by atoms with Crippen LogP contribution in [0.2, 0.25) is 0 Å². The van der Waals surface area contributed by atoms with Crippen molar-refractivity contribution >= 4 is 23.4 Å². The average molecular weight is 436 g/mol. The van der Waals surface area contributed by atoms with Gasteiger partial charge in [-0.1, -0.05) is 43.0 Å². The number of carbonyl (C=O) groups excluding carboxylic acids is 1. The highest BCUT2D eigenvalue weighted by Crippen LogP contribution is 2.47. The smallest absolute Gasteiger partial charge is 0.229 e. The first-order valence-electron chi connectivity index (χ1n) is 10.2. The van der Waals surface area contributed by atoms with Crippen LogP contribution in [0.3, 0.4) is 0 Å². The van der Waals surface area contributed by atoms with E-state index < -0.39 is 0 Å². The molecule has 4 rings (SSSR count). The van der Waals surface area contributed by atoms with Crippen molar-refractivity contribution in [3.05, 3.63) is 64.2 Å². The molecule has 31 heavy (non-hydrogen) atoms. The molecule has 1 saturated heterocycles. The van der Waals surface area contributed by atoms with Gasteiger partial charge in [0.25, 0.3) is 0 Å². The van der Waals surface area contributed by atoms with E-state index in [0.29, 0.717) is 29.6 Å². The lowest BCUT2D eigenvalue weighted by Gasteiger charge is -2.42. The lowest BCUT2D eigenvalue weighted by Crippen LogP contribution is -2.47. The molecule has 0 N–H and O–H groups in total. The number of anilines is 1. The summed E-state index contributed by atoms with van der Waals surface area (Å²) < 4.78 is 11.0. The highest BCUT2D eigenvalue weighted by Gasteiger charge is 2.39. The number of hydrogen-bond donors (Lipinski definition) is 0. The van der Waals surface area contributed by atoms with E-state index in [1.165, 1.54) is 17.3 Å². The van der Waals surface area contributed by atoms with Crippen molar-refractivity contribution in [2.75, 3.05) is 31.7 Å². The first kappa shape index (κ1) is 21.1. The van der Waals surface area contributed by atoms with Gasteiger partial charge in [-0.3, -0.25) is 9.69 Å². The summed E-state index contributed by atoms with van der Waals surface area (Å²) >= 11 is 1.53. The zero-order valence-electron chi connectivity index (χ0n) is 17.9. The van der Waals surface area contributed by atoms with Gasteiger partial charge in [-0.25, -0.2) is 0 Å². The molecule has 160 valence electrons. The molecule has 0 spiro atoms. The number of nitriles is 1. The van der Waals surface area contributed by atoms with Crippen molar-refractivity contribution in [1.82, 2.24) is 4.90 Å². The number of fused-ring (bicyclic) bond motifs is 1. The Morgan fingerprint density at radius 2 is 1.94 bits per heavy atom. The van der Waals surface area contributed by atoms with Crippen molar-refractivity contribution in [3.63, 3.8) is 0 Å². The topological polar surface area (TPSA) is 65.8 Å². The first-order chi connectivity index (χ1) is 15.1. The van der Waals surface area contributed by atoms with Gasteiger partial charge >= 0.3 is 0 Å². The zero-order valence-corrected chi connectivity index (χ0v) is 18.7. The summed E-state index contributed by atoms with van der Waals surface area (Å²) in [5.41, 5.74) is 3.77. The van der Waals surface area contributed by atoms with E-state index in [4.69, 9.17) is 9.47 Å². The van der Waals surface area contributed by atoms with Gasteiger partial charge in [0.2, 0.25) is 5.91 Å². The second-order valence-electron chi connectivity index (χ2n) is 7.47. The molecule has 0 unspecified atom stereocenters. The van der Waals surface area contributed by atoms with Gasteiger partial charge in [0.15, 0.2) is 11.5 Å². The van der Waals surface area contributed by atoms with Crippen LogP contribution < -0.4 is 14.4 Å². The summed E-state index contributed by atoms with van der Waals surface area (Å²) in [5.74, 6) is 1.50. The molecule has 7 heteroatoms. The number of benzene rings is 2. The molecule has 0 radical (unpaired) electrons. The maximum absolute atomic E-state index is 13.2. The van der Waals surface area contributed by atoms with Gasteiger partial charge < -0.3 is 14.4 Å². The minimum absolute atomic E-state index is 0.00579. The SMILES string of the molecule is CCc1ccc(N2CSC3=C(C#N)[C@H](c4cccc(OC)c4OC)CC(=O)N3C2)cc1. The number of thioether (sulfide) groups is 1. The molecule has 0 saturated carbocycles. The number of allylic oxidation sites excluding steroid dienone is 1. The van der Waals surface area contributed by atoms with Crippen molar-refractivity contribution < 1.29 is 14.3 Å². The molecule has 0 aliphatic carbocycles. The molecule has 1 amide bonds. The molecule has 2 aliphatic heterocycles. The van der Waals surface area contributed by atoms with E-state index in [-0.39, 0.29) is 18.2 Å². The van der Waals surface area contributed by atoms with Crippen LogP contribution in [0.15, 0.2) is 53.1 Å². The van der Waals surface area contributed by atoms with Crippen molar-refractivity contribution in [3.8, 4) is 17.6 Å². The van der Waals surface area contributed by atoms with Gasteiger partial charge in [0, 0.05) is 23.6 Å². The van der Waals surface area contributed by atoms with Crippen LogP contribution in [0.1, 0.15) is 30.4 Å². The summed E-state index contributed by atoms with van der Waals surface area (Å²) in [6.07, 6.45) is 1.21. The quantitative estimate of drug-likeness (QED) is 0.690. The molecule has 6 nitrogen and oxygen atoms in total. The predicted molar refractivity (Wildman–Crippen MR) is 122 cm³/mol. The van der Waals surface area contributed by atoms with E-state index in [2.05, 4.69) is 42.2 Å². The molecule has 2 heterocycles. The molecule has 0 aromatic heterocycles. The third-order valence-corrected chi connectivity index (χ3v) is 6.97. The van der Waals surface area contributed by atoms with E-state index in [0.717, 1.165) is 22.7 Å². The van der Waals surface area contributed by atoms with Crippen LogP contribution >= 0.6 is 11.8 Å². The number of aryl methyl sites for hydroxylation is 1. The van der Waals surface area contributed by atoms with Crippen LogP contribution in [0, 0.1) is 11.3 Å². The minimum Gasteiger partial charge on any atom is -0.493 e. The molecule has 2 aromatic carbocycles. The number of ether oxygens (including phenoxy) is 2. The number of carbonyl (C=O) groups is 1. The van der Waals surface area contributed by atoms with E-state index in [1.807, 2.05) is 18.2 Å². The summed E-state index contributed by atoms with van der Waals surface area (Å²) in [7, 11) is 3.16. The summed E-state index contributed by atoms with van der Waals surface area (Å²) in [6, 6.07) is 16.4. The lowest BCUT2D eigenvalue weighted by atomic mass is 9.85. The third-order valence-electron chi connectivity index (χ3n) is 5.81. The molecular formula is C24H25N3O3S. The lowest BCUT2D eigenvalue weighted by molar-refractivity contribution is -0.129. The summed E-state index contributed by atoms with van der Waals surface area (Å²) in [4.78, 5) is 17.1. The van der Waals surface area contributed by atoms with Crippen molar-refractivity contribution in [1.29, 1.82) is 5.26 Å². The van der Waals surface area contributed by atoms with Gasteiger partial charge in [-0.05, 0) is 30.2 Å². The molecule has 1 atom stereocenters. The predicted octanol–water partition coefficient (Wildman–Crippen LogP) is 4.49. The van der Waals surface area contributed by atoms with Crippen LogP contribution in [-0.4, -0.2) is 37.6 Å². The van der Waals surface area contributed by atoms with Crippen LogP contribution in [0.4, 0.5) is 5.69 Å². The molecular weight excluding hydrogens is 410 g/mol. The maximum Gasteiger partial charge on any atom is 0.229 e. The largest absolute Gasteiger partial charge is 0.493 e. The zero-order chi connectivity index (χ0) is 22.0. The molecule has 2 aromatic rings. The van der Waals surface area contributed by atoms with Crippen molar-refractivity contribution in [2.24, 2.45) is 0 Å². The van der Waals surface area contributed by atoms with Gasteiger partial charge in [-0.2, -0.15) is 5.26 Å². The Bertz CT molecular complexity index is 1060. The third kappa shape index (κ3) is 3.84. The number of amides is 1. The van der Waals surface area contributed by atoms with E-state index in [9.17, 15) is 10.1 Å². The second kappa shape index (κ2) is 8.94. The van der Waals surface area contributed by atoms with E-state index >= 15 is 0 Å². The van der Waals surface area contributed by atoms with Crippen LogP contribution in [-0.2, 0) is 11.2 Å². The van der Waals surface area contributed by atoms with Crippen molar-refractivity contribution in [2.45, 2.75) is 25.7 Å². The summed E-state index contributed by atoms with van der Waals surface area (Å²) in [5, 5.41) is 10.8. The number of hydrogen-bond acceptors (Lipinski definition) is 6. The fourth-order valence-electron chi connectivity index (χ4n) is 4.12. The fourth-order valence-corrected chi connectivity index (χ4v) is 5.29. The molecule has 2 aliphatic rings. The Hall–Kier alpha value is -3.11. The standard InChI is InChI=1S/C24H25N3O3S/c1-4-16-8-10-17(11-9-16)26-14-27-22(28)12-19(20(13-25)24(27)31-15-26)18-6-5-7-21(29-2)23(18)30-3/h5-11,19H,4,12,14-15H2,1-3H3/t19-/m0/s1. The first-order valence-corrected chi connectivity index (χ1v) is 11.2. The fraction of sp³-hybridized carbons (Fsp3) is 0.333. The van der Waals surface area contributed by atoms with E-state index in [1.54, 1.807) is 19.1 Å². The second-order valence-corrected chi connectivity index (χ2v) is 8.40. The van der Waals surface area contributed by atoms with Gasteiger partial charge in [0.1, 0.15) is 0 Å². The Kier molecular flexibility index (Phi) is 6.10. The van der Waals surface area contributed by atoms with Crippen LogP contribution in [0.5, 0.6) is 11.5 Å². The number of nitrogens with zero attached hydrogens (tertiary/aromatic N) is 3. The minimum atomic E-state index is -0.350. The Labute approximate surface area is 187 Å². The highest BCUT2D eigenvalue weighted by atomic mass is 32.2. The normalized spacial score (nSPS) is 18.5. The maximum atomic E-state index is 13.2. The van der Waals surface area contributed by atoms with Gasteiger partial charge in [-0.15, -0.1) is 0 Å². The summed E-state index contributed by atoms with van der Waals surface area (Å²) in [6.45, 7) is 2.58. The monoisotopic (exact) mass is 435 g/mol. The number of rotatable bonds is 5. The molecule has 1 fully saturated rings. The average Bonchev–Trinajstić information content (AvgIpc) is 2.83. The number of methoxy groups -OCH3 is 2.